The summed E-state index contributed by atoms with van der Waals surface area (Å²) >= 11 is 0. The van der Waals surface area contributed by atoms with E-state index in [1.807, 2.05) is 0 Å². The Morgan fingerprint density at radius 2 is 2.16 bits per heavy atom. The van der Waals surface area contributed by atoms with Crippen LogP contribution in [0.25, 0.3) is 0 Å². The smallest absolute Gasteiger partial charge is 0.238 e. The Balaban J connectivity index is 2.14. The molecular weight excluding hydrogens is 266 g/mol. The van der Waals surface area contributed by atoms with Gasteiger partial charge in [0.05, 0.1) is 4.90 Å². The molecule has 1 aliphatic heterocycles. The van der Waals surface area contributed by atoms with Crippen LogP contribution in [0, 0.1) is 12.8 Å². The van der Waals surface area contributed by atoms with Gasteiger partial charge in [0.15, 0.2) is 0 Å². The van der Waals surface area contributed by atoms with E-state index in [4.69, 9.17) is 5.14 Å². The van der Waals surface area contributed by atoms with E-state index in [0.717, 1.165) is 13.1 Å². The summed E-state index contributed by atoms with van der Waals surface area (Å²) in [6, 6.07) is 4.66. The zero-order valence-corrected chi connectivity index (χ0v) is 11.5. The summed E-state index contributed by atoms with van der Waals surface area (Å²) < 4.78 is 22.8. The highest BCUT2D eigenvalue weighted by molar-refractivity contribution is 7.89. The average molecular weight is 283 g/mol. The van der Waals surface area contributed by atoms with Crippen molar-refractivity contribution in [3.05, 3.63) is 23.8 Å². The van der Waals surface area contributed by atoms with Crippen molar-refractivity contribution >= 4 is 21.6 Å². The number of rotatable bonds is 4. The number of carbonyl (C=O) groups excluding carboxylic acids is 1. The van der Waals surface area contributed by atoms with E-state index < -0.39 is 10.0 Å². The van der Waals surface area contributed by atoms with Gasteiger partial charge in [0.1, 0.15) is 0 Å². The second kappa shape index (κ2) is 5.28. The van der Waals surface area contributed by atoms with E-state index in [1.165, 1.54) is 6.07 Å². The van der Waals surface area contributed by atoms with Gasteiger partial charge in [-0.2, -0.15) is 0 Å². The number of hydrogen-bond donors (Lipinski definition) is 3. The summed E-state index contributed by atoms with van der Waals surface area (Å²) in [7, 11) is -3.77. The van der Waals surface area contributed by atoms with E-state index in [1.54, 1.807) is 19.1 Å². The monoisotopic (exact) mass is 283 g/mol. The van der Waals surface area contributed by atoms with Gasteiger partial charge in [-0.05, 0) is 43.6 Å². The standard InChI is InChI=1S/C12H17N3O3S/c1-8-10(3-2-4-11(8)19(13,17)18)15-12(16)5-9-6-14-7-9/h2-4,9,14H,5-7H2,1H3,(H,15,16)(H2,13,17,18). The molecule has 0 radical (unpaired) electrons. The van der Waals surface area contributed by atoms with Gasteiger partial charge in [0, 0.05) is 12.1 Å². The molecule has 1 heterocycles. The van der Waals surface area contributed by atoms with Crippen LogP contribution >= 0.6 is 0 Å². The Bertz CT molecular complexity index is 594. The number of benzene rings is 1. The van der Waals surface area contributed by atoms with Crippen molar-refractivity contribution < 1.29 is 13.2 Å². The molecule has 1 amide bonds. The third-order valence-electron chi connectivity index (χ3n) is 3.20. The molecule has 0 aromatic heterocycles. The lowest BCUT2D eigenvalue weighted by molar-refractivity contribution is -0.117. The van der Waals surface area contributed by atoms with Crippen molar-refractivity contribution in [2.45, 2.75) is 18.2 Å². The Hall–Kier alpha value is -1.44. The van der Waals surface area contributed by atoms with Crippen LogP contribution in [-0.4, -0.2) is 27.4 Å². The number of hydrogen-bond acceptors (Lipinski definition) is 4. The van der Waals surface area contributed by atoms with E-state index in [9.17, 15) is 13.2 Å². The molecule has 1 aromatic carbocycles. The topological polar surface area (TPSA) is 101 Å². The van der Waals surface area contributed by atoms with E-state index in [2.05, 4.69) is 10.6 Å². The largest absolute Gasteiger partial charge is 0.326 e. The van der Waals surface area contributed by atoms with E-state index >= 15 is 0 Å². The fourth-order valence-corrected chi connectivity index (χ4v) is 2.82. The number of sulfonamides is 1. The summed E-state index contributed by atoms with van der Waals surface area (Å²) in [6.45, 7) is 3.33. The van der Waals surface area contributed by atoms with E-state index in [-0.39, 0.29) is 10.8 Å². The van der Waals surface area contributed by atoms with Crippen LogP contribution in [-0.2, 0) is 14.8 Å². The maximum Gasteiger partial charge on any atom is 0.238 e. The first kappa shape index (κ1) is 14.0. The fraction of sp³-hybridized carbons (Fsp3) is 0.417. The molecular formula is C12H17N3O3S. The van der Waals surface area contributed by atoms with Crippen LogP contribution in [0.5, 0.6) is 0 Å². The summed E-state index contributed by atoms with van der Waals surface area (Å²) in [5.74, 6) is 0.253. The second-order valence-electron chi connectivity index (χ2n) is 4.75. The van der Waals surface area contributed by atoms with Gasteiger partial charge >= 0.3 is 0 Å². The Morgan fingerprint density at radius 1 is 1.47 bits per heavy atom. The van der Waals surface area contributed by atoms with E-state index in [0.29, 0.717) is 23.6 Å². The molecule has 0 aliphatic carbocycles. The lowest BCUT2D eigenvalue weighted by Gasteiger charge is -2.26. The number of anilines is 1. The van der Waals surface area contributed by atoms with Crippen molar-refractivity contribution in [3.8, 4) is 0 Å². The lowest BCUT2D eigenvalue weighted by atomic mass is 9.99. The summed E-state index contributed by atoms with van der Waals surface area (Å²) in [6.07, 6.45) is 0.437. The second-order valence-corrected chi connectivity index (χ2v) is 6.28. The van der Waals surface area contributed by atoms with Crippen LogP contribution < -0.4 is 15.8 Å². The quantitative estimate of drug-likeness (QED) is 0.734. The molecule has 6 nitrogen and oxygen atoms in total. The highest BCUT2D eigenvalue weighted by Gasteiger charge is 2.21. The molecule has 4 N–H and O–H groups in total. The first-order valence-electron chi connectivity index (χ1n) is 6.01. The molecule has 19 heavy (non-hydrogen) atoms. The van der Waals surface area contributed by atoms with Crippen molar-refractivity contribution in [1.29, 1.82) is 0 Å². The SMILES string of the molecule is Cc1c(NC(=O)CC2CNC2)cccc1S(N)(=O)=O. The molecule has 7 heteroatoms. The zero-order chi connectivity index (χ0) is 14.0. The first-order valence-corrected chi connectivity index (χ1v) is 7.55. The van der Waals surface area contributed by atoms with Crippen LogP contribution in [0.1, 0.15) is 12.0 Å². The molecule has 2 rings (SSSR count). The molecule has 0 bridgehead atoms. The number of amides is 1. The predicted octanol–water partition coefficient (Wildman–Crippen LogP) is 0.190. The Labute approximate surface area is 112 Å². The molecule has 0 unspecified atom stereocenters. The van der Waals surface area contributed by atoms with Crippen LogP contribution in [0.15, 0.2) is 23.1 Å². The van der Waals surface area contributed by atoms with Crippen LogP contribution in [0.2, 0.25) is 0 Å². The Kier molecular flexibility index (Phi) is 3.88. The van der Waals surface area contributed by atoms with Gasteiger partial charge in [0.2, 0.25) is 15.9 Å². The van der Waals surface area contributed by atoms with Gasteiger partial charge in [-0.1, -0.05) is 6.07 Å². The average Bonchev–Trinajstić information content (AvgIpc) is 2.25. The van der Waals surface area contributed by atoms with Gasteiger partial charge < -0.3 is 10.6 Å². The van der Waals surface area contributed by atoms with Crippen molar-refractivity contribution in [1.82, 2.24) is 5.32 Å². The number of carbonyl (C=O) groups is 1. The molecule has 104 valence electrons. The van der Waals surface area contributed by atoms with Crippen molar-refractivity contribution in [2.24, 2.45) is 11.1 Å². The molecule has 0 atom stereocenters. The number of nitrogens with one attached hydrogen (secondary N) is 2. The minimum absolute atomic E-state index is 0.0376. The molecule has 1 saturated heterocycles. The minimum Gasteiger partial charge on any atom is -0.326 e. The van der Waals surface area contributed by atoms with Crippen LogP contribution in [0.4, 0.5) is 5.69 Å². The number of nitrogens with two attached hydrogens (primary N) is 1. The molecule has 1 fully saturated rings. The third-order valence-corrected chi connectivity index (χ3v) is 4.26. The molecule has 0 saturated carbocycles. The zero-order valence-electron chi connectivity index (χ0n) is 10.6. The third kappa shape index (κ3) is 3.31. The highest BCUT2D eigenvalue weighted by atomic mass is 32.2. The number of primary sulfonamides is 1. The van der Waals surface area contributed by atoms with Gasteiger partial charge in [-0.3, -0.25) is 4.79 Å². The van der Waals surface area contributed by atoms with Gasteiger partial charge in [0.25, 0.3) is 0 Å². The summed E-state index contributed by atoms with van der Waals surface area (Å²) in [5.41, 5.74) is 0.953. The fourth-order valence-electron chi connectivity index (χ4n) is 2.01. The lowest BCUT2D eigenvalue weighted by Crippen LogP contribution is -2.43. The minimum atomic E-state index is -3.77. The summed E-state index contributed by atoms with van der Waals surface area (Å²) in [5, 5.41) is 11.0. The maximum atomic E-state index is 11.8. The highest BCUT2D eigenvalue weighted by Crippen LogP contribution is 2.22. The summed E-state index contributed by atoms with van der Waals surface area (Å²) in [4.78, 5) is 11.8. The Morgan fingerprint density at radius 3 is 2.68 bits per heavy atom. The van der Waals surface area contributed by atoms with Crippen molar-refractivity contribution in [2.75, 3.05) is 18.4 Å². The van der Waals surface area contributed by atoms with Crippen LogP contribution in [0.3, 0.4) is 0 Å². The molecule has 0 spiro atoms. The van der Waals surface area contributed by atoms with Gasteiger partial charge in [-0.25, -0.2) is 13.6 Å². The first-order chi connectivity index (χ1) is 8.88. The molecule has 1 aromatic rings. The normalized spacial score (nSPS) is 15.9. The maximum absolute atomic E-state index is 11.8. The molecule has 1 aliphatic rings. The van der Waals surface area contributed by atoms with Gasteiger partial charge in [-0.15, -0.1) is 0 Å². The predicted molar refractivity (Wildman–Crippen MR) is 72.2 cm³/mol. The van der Waals surface area contributed by atoms with Crippen molar-refractivity contribution in [3.63, 3.8) is 0 Å².